The largest absolute Gasteiger partial charge is 0.393 e. The summed E-state index contributed by atoms with van der Waals surface area (Å²) >= 11 is 0. The van der Waals surface area contributed by atoms with Crippen LogP contribution in [0.5, 0.6) is 0 Å². The second-order valence-corrected chi connectivity index (χ2v) is 5.15. The van der Waals surface area contributed by atoms with E-state index < -0.39 is 0 Å². The van der Waals surface area contributed by atoms with Gasteiger partial charge in [0.2, 0.25) is 0 Å². The molecule has 0 bridgehead atoms. The van der Waals surface area contributed by atoms with Gasteiger partial charge in [0.25, 0.3) is 0 Å². The molecule has 0 aliphatic rings. The van der Waals surface area contributed by atoms with E-state index in [1.54, 1.807) is 0 Å². The zero-order valence-corrected chi connectivity index (χ0v) is 12.0. The van der Waals surface area contributed by atoms with Gasteiger partial charge in [0.05, 0.1) is 12.2 Å². The number of hydrogen-bond donors (Lipinski definition) is 2. The molecule has 2 N–H and O–H groups in total. The lowest BCUT2D eigenvalue weighted by atomic mass is 10.0. The normalized spacial score (nSPS) is 14.4. The molecule has 0 aromatic heterocycles. The van der Waals surface area contributed by atoms with E-state index in [-0.39, 0.29) is 12.2 Å². The third-order valence-electron chi connectivity index (χ3n) is 3.43. The first kappa shape index (κ1) is 17.6. The summed E-state index contributed by atoms with van der Waals surface area (Å²) in [6.07, 6.45) is 7.79. The molecule has 0 saturated carbocycles. The molecular weight excluding hydrogens is 228 g/mol. The third-order valence-corrected chi connectivity index (χ3v) is 3.43. The number of ketones is 1. The highest BCUT2D eigenvalue weighted by molar-refractivity contribution is 5.78. The lowest BCUT2D eigenvalue weighted by Gasteiger charge is -2.07. The van der Waals surface area contributed by atoms with Crippen molar-refractivity contribution in [2.75, 3.05) is 0 Å². The van der Waals surface area contributed by atoms with Gasteiger partial charge in [0.15, 0.2) is 0 Å². The van der Waals surface area contributed by atoms with E-state index in [1.165, 1.54) is 0 Å². The summed E-state index contributed by atoms with van der Waals surface area (Å²) in [5.74, 6) is 0.326. The first-order chi connectivity index (χ1) is 8.60. The van der Waals surface area contributed by atoms with Gasteiger partial charge in [-0.2, -0.15) is 0 Å². The van der Waals surface area contributed by atoms with Gasteiger partial charge in [-0.25, -0.2) is 0 Å². The predicted molar refractivity (Wildman–Crippen MR) is 74.5 cm³/mol. The highest BCUT2D eigenvalue weighted by Gasteiger charge is 2.05. The van der Waals surface area contributed by atoms with Crippen molar-refractivity contribution in [1.82, 2.24) is 0 Å². The maximum absolute atomic E-state index is 11.5. The van der Waals surface area contributed by atoms with Crippen molar-refractivity contribution < 1.29 is 15.0 Å². The molecule has 0 aromatic rings. The number of aliphatic hydroxyl groups is 2. The lowest BCUT2D eigenvalue weighted by Crippen LogP contribution is -2.05. The Kier molecular flexibility index (Phi) is 11.4. The van der Waals surface area contributed by atoms with Gasteiger partial charge in [-0.05, 0) is 38.5 Å². The van der Waals surface area contributed by atoms with E-state index in [9.17, 15) is 15.0 Å². The molecule has 0 radical (unpaired) electrons. The number of aliphatic hydroxyl groups excluding tert-OH is 2. The molecule has 18 heavy (non-hydrogen) atoms. The molecule has 0 spiro atoms. The zero-order chi connectivity index (χ0) is 13.8. The van der Waals surface area contributed by atoms with E-state index in [1.807, 2.05) is 13.8 Å². The summed E-state index contributed by atoms with van der Waals surface area (Å²) in [6, 6.07) is 0. The van der Waals surface area contributed by atoms with Crippen LogP contribution < -0.4 is 0 Å². The smallest absolute Gasteiger partial charge is 0.132 e. The van der Waals surface area contributed by atoms with Crippen LogP contribution in [0.1, 0.15) is 78.1 Å². The molecule has 0 fully saturated rings. The molecule has 0 aliphatic heterocycles. The monoisotopic (exact) mass is 258 g/mol. The van der Waals surface area contributed by atoms with Crippen LogP contribution in [0.15, 0.2) is 0 Å². The van der Waals surface area contributed by atoms with Crippen molar-refractivity contribution in [3.63, 3.8) is 0 Å². The Morgan fingerprint density at radius 2 is 1.22 bits per heavy atom. The average molecular weight is 258 g/mol. The van der Waals surface area contributed by atoms with Crippen LogP contribution in [0.4, 0.5) is 0 Å². The number of carbonyl (C=O) groups is 1. The van der Waals surface area contributed by atoms with Gasteiger partial charge in [-0.15, -0.1) is 0 Å². The molecule has 0 aliphatic carbocycles. The minimum Gasteiger partial charge on any atom is -0.393 e. The Morgan fingerprint density at radius 1 is 0.833 bits per heavy atom. The van der Waals surface area contributed by atoms with Crippen molar-refractivity contribution in [1.29, 1.82) is 0 Å². The molecule has 0 amide bonds. The van der Waals surface area contributed by atoms with Gasteiger partial charge in [0, 0.05) is 12.8 Å². The van der Waals surface area contributed by atoms with Crippen LogP contribution in [-0.4, -0.2) is 28.2 Å². The summed E-state index contributed by atoms with van der Waals surface area (Å²) in [4.78, 5) is 11.5. The van der Waals surface area contributed by atoms with Crippen molar-refractivity contribution in [2.45, 2.75) is 90.3 Å². The van der Waals surface area contributed by atoms with E-state index in [2.05, 4.69) is 0 Å². The Morgan fingerprint density at radius 3 is 1.56 bits per heavy atom. The summed E-state index contributed by atoms with van der Waals surface area (Å²) in [6.45, 7) is 3.95. The molecule has 2 atom stereocenters. The summed E-state index contributed by atoms with van der Waals surface area (Å²) in [5, 5.41) is 18.7. The molecular formula is C15H30O3. The molecule has 108 valence electrons. The Bertz CT molecular complexity index is 184. The van der Waals surface area contributed by atoms with E-state index in [0.717, 1.165) is 51.4 Å². The second-order valence-electron chi connectivity index (χ2n) is 5.15. The fourth-order valence-electron chi connectivity index (χ4n) is 1.94. The van der Waals surface area contributed by atoms with Crippen LogP contribution in [0.25, 0.3) is 0 Å². The number of rotatable bonds is 12. The molecule has 3 heteroatoms. The van der Waals surface area contributed by atoms with Crippen LogP contribution in [-0.2, 0) is 4.79 Å². The van der Waals surface area contributed by atoms with E-state index in [4.69, 9.17) is 0 Å². The Balaban J connectivity index is 3.33. The fourth-order valence-corrected chi connectivity index (χ4v) is 1.94. The van der Waals surface area contributed by atoms with Crippen molar-refractivity contribution in [3.05, 3.63) is 0 Å². The van der Waals surface area contributed by atoms with E-state index >= 15 is 0 Å². The first-order valence-corrected chi connectivity index (χ1v) is 7.47. The van der Waals surface area contributed by atoms with Crippen molar-refractivity contribution >= 4 is 5.78 Å². The third kappa shape index (κ3) is 10.7. The minimum absolute atomic E-state index is 0.198. The SMILES string of the molecule is CCC(O)CCCCC(=O)CCCCC(O)CC. The lowest BCUT2D eigenvalue weighted by molar-refractivity contribution is -0.119. The summed E-state index contributed by atoms with van der Waals surface area (Å²) in [7, 11) is 0. The Hall–Kier alpha value is -0.410. The molecule has 0 heterocycles. The van der Waals surface area contributed by atoms with Crippen LogP contribution in [0.3, 0.4) is 0 Å². The predicted octanol–water partition coefficient (Wildman–Crippen LogP) is 3.22. The van der Waals surface area contributed by atoms with Gasteiger partial charge < -0.3 is 10.2 Å². The number of unbranched alkanes of at least 4 members (excludes halogenated alkanes) is 2. The summed E-state index contributed by atoms with van der Waals surface area (Å²) in [5.41, 5.74) is 0. The van der Waals surface area contributed by atoms with Gasteiger partial charge in [-0.3, -0.25) is 4.79 Å². The van der Waals surface area contributed by atoms with E-state index in [0.29, 0.717) is 18.6 Å². The fraction of sp³-hybridized carbons (Fsp3) is 0.933. The quantitative estimate of drug-likeness (QED) is 0.528. The van der Waals surface area contributed by atoms with Gasteiger partial charge >= 0.3 is 0 Å². The minimum atomic E-state index is -0.198. The number of Topliss-reactive ketones (excluding diaryl/α,β-unsaturated/α-hetero) is 1. The number of hydrogen-bond acceptors (Lipinski definition) is 3. The van der Waals surface area contributed by atoms with Gasteiger partial charge in [-0.1, -0.05) is 26.7 Å². The first-order valence-electron chi connectivity index (χ1n) is 7.47. The molecule has 2 unspecified atom stereocenters. The molecule has 0 rings (SSSR count). The molecule has 0 aromatic carbocycles. The maximum Gasteiger partial charge on any atom is 0.132 e. The standard InChI is InChI=1S/C15H30O3/c1-3-13(16)9-5-7-11-15(18)12-8-6-10-14(17)4-2/h13-14,16-17H,3-12H2,1-2H3. The van der Waals surface area contributed by atoms with Crippen LogP contribution in [0, 0.1) is 0 Å². The van der Waals surface area contributed by atoms with Gasteiger partial charge in [0.1, 0.15) is 5.78 Å². The van der Waals surface area contributed by atoms with Crippen molar-refractivity contribution in [3.8, 4) is 0 Å². The van der Waals surface area contributed by atoms with Crippen LogP contribution >= 0.6 is 0 Å². The molecule has 3 nitrogen and oxygen atoms in total. The Labute approximate surface area is 112 Å². The van der Waals surface area contributed by atoms with Crippen molar-refractivity contribution in [2.24, 2.45) is 0 Å². The maximum atomic E-state index is 11.5. The second kappa shape index (κ2) is 11.7. The average Bonchev–Trinajstić information content (AvgIpc) is 2.38. The van der Waals surface area contributed by atoms with Crippen LogP contribution in [0.2, 0.25) is 0 Å². The zero-order valence-electron chi connectivity index (χ0n) is 12.0. The topological polar surface area (TPSA) is 57.5 Å². The highest BCUT2D eigenvalue weighted by Crippen LogP contribution is 2.10. The number of carbonyl (C=O) groups excluding carboxylic acids is 1. The highest BCUT2D eigenvalue weighted by atomic mass is 16.3. The molecule has 0 saturated heterocycles. The summed E-state index contributed by atoms with van der Waals surface area (Å²) < 4.78 is 0.